The van der Waals surface area contributed by atoms with Crippen LogP contribution in [0.5, 0.6) is 0 Å². The van der Waals surface area contributed by atoms with Crippen LogP contribution in [-0.2, 0) is 14.4 Å². The third-order valence-corrected chi connectivity index (χ3v) is 1.65. The number of unbranched alkanes of at least 4 members (excludes halogenated alkanes) is 1. The first-order valence-corrected chi connectivity index (χ1v) is 5.13. The molecule has 0 fully saturated rings. The van der Waals surface area contributed by atoms with Crippen LogP contribution in [0.4, 0.5) is 0 Å². The van der Waals surface area contributed by atoms with E-state index in [1.54, 1.807) is 6.08 Å². The topological polar surface area (TPSA) is 91.2 Å². The Morgan fingerprint density at radius 2 is 2.06 bits per heavy atom. The maximum atomic E-state index is 11.1. The Morgan fingerprint density at radius 3 is 2.65 bits per heavy atom. The van der Waals surface area contributed by atoms with Gasteiger partial charge in [0.05, 0.1) is 0 Å². The van der Waals surface area contributed by atoms with Gasteiger partial charge in [-0.3, -0.25) is 14.4 Å². The summed E-state index contributed by atoms with van der Waals surface area (Å²) in [6.45, 7) is 3.92. The summed E-state index contributed by atoms with van der Waals surface area (Å²) < 4.78 is 0. The van der Waals surface area contributed by atoms with Crippen LogP contribution in [0.15, 0.2) is 12.7 Å². The van der Waals surface area contributed by atoms with Crippen LogP contribution in [0.2, 0.25) is 0 Å². The largest absolute Gasteiger partial charge is 1.00 e. The molecule has 3 N–H and O–H groups in total. The molecule has 0 bridgehead atoms. The molecule has 0 heterocycles. The Balaban J connectivity index is 0. The van der Waals surface area contributed by atoms with Gasteiger partial charge in [0.2, 0.25) is 11.8 Å². The minimum absolute atomic E-state index is 0. The molecule has 7 heteroatoms. The van der Waals surface area contributed by atoms with Gasteiger partial charge in [-0.25, -0.2) is 5.48 Å². The Morgan fingerprint density at radius 1 is 1.35 bits per heavy atom. The number of carbonyl (C=O) groups is 2. The van der Waals surface area contributed by atoms with Crippen molar-refractivity contribution >= 4 is 11.8 Å². The average molecular weight is 314 g/mol. The van der Waals surface area contributed by atoms with Crippen molar-refractivity contribution in [2.24, 2.45) is 0 Å². The fourth-order valence-electron chi connectivity index (χ4n) is 0.872. The molecule has 6 nitrogen and oxygen atoms in total. The van der Waals surface area contributed by atoms with Crippen LogP contribution in [-0.4, -0.2) is 31.5 Å². The molecule has 0 aromatic rings. The molecule has 0 saturated heterocycles. The van der Waals surface area contributed by atoms with Crippen molar-refractivity contribution in [3.8, 4) is 0 Å². The number of nitrogens with one attached hydrogen (secondary N) is 3. The van der Waals surface area contributed by atoms with Gasteiger partial charge in [-0.1, -0.05) is 6.08 Å². The van der Waals surface area contributed by atoms with Crippen LogP contribution in [0, 0.1) is 0 Å². The first kappa shape index (κ1) is 19.7. The average Bonchev–Trinajstić information content (AvgIpc) is 2.25. The fraction of sp³-hybridized carbons (Fsp3) is 0.600. The van der Waals surface area contributed by atoms with E-state index < -0.39 is 5.91 Å². The molecule has 0 saturated carbocycles. The van der Waals surface area contributed by atoms with Gasteiger partial charge in [0.15, 0.2) is 6.61 Å². The third kappa shape index (κ3) is 14.3. The van der Waals surface area contributed by atoms with E-state index >= 15 is 0 Å². The molecule has 0 atom stereocenters. The molecule has 0 unspecified atom stereocenters. The van der Waals surface area contributed by atoms with Gasteiger partial charge in [0, 0.05) is 13.0 Å². The number of hydroxylamine groups is 1. The summed E-state index contributed by atoms with van der Waals surface area (Å²) in [7, 11) is 0. The van der Waals surface area contributed by atoms with E-state index in [2.05, 4.69) is 22.2 Å². The molecule has 0 spiro atoms. The van der Waals surface area contributed by atoms with Crippen molar-refractivity contribution in [1.82, 2.24) is 10.8 Å². The standard InChI is InChI=1S/C10H18N3O3.Rb/c1-2-3-4-7-12-10(15)8-16-13-9(14)5-6-11;/h2,11H,1,3-8H2,(H,12,15)(H,13,14);/q-1;+1. The second-order valence-corrected chi connectivity index (χ2v) is 3.09. The third-order valence-electron chi connectivity index (χ3n) is 1.65. The van der Waals surface area contributed by atoms with Crippen LogP contribution in [0.3, 0.4) is 0 Å². The van der Waals surface area contributed by atoms with Gasteiger partial charge in [-0.2, -0.15) is 0 Å². The molecule has 0 radical (unpaired) electrons. The predicted molar refractivity (Wildman–Crippen MR) is 60.3 cm³/mol. The van der Waals surface area contributed by atoms with Crippen molar-refractivity contribution in [2.45, 2.75) is 19.3 Å². The number of allylic oxidation sites excluding steroid dienone is 1. The van der Waals surface area contributed by atoms with Gasteiger partial charge >= 0.3 is 58.2 Å². The van der Waals surface area contributed by atoms with Crippen LogP contribution < -0.4 is 69.0 Å². The van der Waals surface area contributed by atoms with E-state index in [0.717, 1.165) is 12.8 Å². The van der Waals surface area contributed by atoms with Crippen molar-refractivity contribution in [3.63, 3.8) is 0 Å². The molecule has 0 aromatic heterocycles. The van der Waals surface area contributed by atoms with Crippen LogP contribution >= 0.6 is 0 Å². The van der Waals surface area contributed by atoms with Crippen molar-refractivity contribution in [3.05, 3.63) is 18.4 Å². The molecule has 0 aliphatic heterocycles. The zero-order valence-corrected chi connectivity index (χ0v) is 15.2. The van der Waals surface area contributed by atoms with Crippen molar-refractivity contribution in [2.75, 3.05) is 19.7 Å². The summed E-state index contributed by atoms with van der Waals surface area (Å²) in [5.74, 6) is -0.676. The SMILES string of the molecule is C=CCCCNC(=O)CONC(=O)CC[NH-].[Rb+]. The van der Waals surface area contributed by atoms with Crippen LogP contribution in [0.1, 0.15) is 19.3 Å². The summed E-state index contributed by atoms with van der Waals surface area (Å²) in [5.41, 5.74) is 8.86. The Bertz CT molecular complexity index is 237. The Hall–Kier alpha value is 0.405. The molecule has 0 aromatic carbocycles. The minimum atomic E-state index is -0.394. The number of rotatable bonds is 9. The molecule has 0 aliphatic carbocycles. The molecule has 17 heavy (non-hydrogen) atoms. The minimum Gasteiger partial charge on any atom is -0.677 e. The summed E-state index contributed by atoms with van der Waals surface area (Å²) in [6.07, 6.45) is 3.53. The van der Waals surface area contributed by atoms with E-state index in [0.29, 0.717) is 6.54 Å². The first-order chi connectivity index (χ1) is 7.70. The normalized spacial score (nSPS) is 9.00. The van der Waals surface area contributed by atoms with E-state index in [9.17, 15) is 9.59 Å². The van der Waals surface area contributed by atoms with Crippen molar-refractivity contribution < 1.29 is 72.6 Å². The molecule has 2 amide bonds. The van der Waals surface area contributed by atoms with Crippen molar-refractivity contribution in [1.29, 1.82) is 0 Å². The van der Waals surface area contributed by atoms with Gasteiger partial charge < -0.3 is 11.1 Å². The van der Waals surface area contributed by atoms with E-state index in [1.165, 1.54) is 0 Å². The molecule has 0 rings (SSSR count). The molecule has 0 aliphatic rings. The summed E-state index contributed by atoms with van der Waals surface area (Å²) in [4.78, 5) is 26.6. The van der Waals surface area contributed by atoms with E-state index in [4.69, 9.17) is 5.73 Å². The van der Waals surface area contributed by atoms with E-state index in [-0.39, 0.29) is 83.7 Å². The molecule has 92 valence electrons. The second-order valence-electron chi connectivity index (χ2n) is 3.09. The Kier molecular flexibility index (Phi) is 16.8. The van der Waals surface area contributed by atoms with Gasteiger partial charge in [-0.05, 0) is 12.8 Å². The number of amides is 2. The zero-order chi connectivity index (χ0) is 12.2. The zero-order valence-electron chi connectivity index (χ0n) is 10.3. The predicted octanol–water partition coefficient (Wildman–Crippen LogP) is -2.44. The second kappa shape index (κ2) is 14.5. The smallest absolute Gasteiger partial charge is 0.677 e. The quantitative estimate of drug-likeness (QED) is 0.281. The summed E-state index contributed by atoms with van der Waals surface area (Å²) in [5, 5.41) is 2.62. The molecular formula is C10H18N3O3Rb. The van der Waals surface area contributed by atoms with E-state index in [1.807, 2.05) is 0 Å². The number of carbonyl (C=O) groups excluding carboxylic acids is 2. The Labute approximate surface area is 150 Å². The summed E-state index contributed by atoms with van der Waals surface area (Å²) in [6, 6.07) is 0. The van der Waals surface area contributed by atoms with Gasteiger partial charge in [-0.15, -0.1) is 13.1 Å². The maximum absolute atomic E-state index is 11.1. The fourth-order valence-corrected chi connectivity index (χ4v) is 0.872. The number of hydrogen-bond donors (Lipinski definition) is 2. The van der Waals surface area contributed by atoms with Gasteiger partial charge in [0.25, 0.3) is 0 Å². The summed E-state index contributed by atoms with van der Waals surface area (Å²) >= 11 is 0. The monoisotopic (exact) mass is 313 g/mol. The molecular weight excluding hydrogens is 296 g/mol. The maximum Gasteiger partial charge on any atom is 1.00 e. The van der Waals surface area contributed by atoms with Gasteiger partial charge in [0.1, 0.15) is 0 Å². The van der Waals surface area contributed by atoms with Crippen LogP contribution in [0.25, 0.3) is 5.73 Å². The number of hydrogen-bond acceptors (Lipinski definition) is 3. The first-order valence-electron chi connectivity index (χ1n) is 5.13.